The monoisotopic (exact) mass is 302 g/mol. The van der Waals surface area contributed by atoms with Crippen molar-refractivity contribution in [1.29, 1.82) is 0 Å². The third kappa shape index (κ3) is 5.28. The number of ether oxygens (including phenoxy) is 1. The Balaban J connectivity index is 1.78. The number of aryl methyl sites for hydroxylation is 1. The summed E-state index contributed by atoms with van der Waals surface area (Å²) in [5.74, 6) is 0.207. The molecular formula is C16H15ClN2O2. The van der Waals surface area contributed by atoms with Gasteiger partial charge in [0.25, 0.3) is 5.91 Å². The van der Waals surface area contributed by atoms with Crippen molar-refractivity contribution in [3.8, 4) is 5.75 Å². The second-order valence-corrected chi connectivity index (χ2v) is 4.89. The van der Waals surface area contributed by atoms with Crippen LogP contribution in [-0.2, 0) is 4.79 Å². The van der Waals surface area contributed by atoms with Gasteiger partial charge in [0, 0.05) is 5.02 Å². The normalized spacial score (nSPS) is 10.6. The van der Waals surface area contributed by atoms with E-state index in [4.69, 9.17) is 16.3 Å². The lowest BCUT2D eigenvalue weighted by Crippen LogP contribution is -2.24. The van der Waals surface area contributed by atoms with Crippen LogP contribution in [0, 0.1) is 6.92 Å². The van der Waals surface area contributed by atoms with E-state index in [0.29, 0.717) is 10.8 Å². The van der Waals surface area contributed by atoms with Gasteiger partial charge in [0.05, 0.1) is 6.21 Å². The van der Waals surface area contributed by atoms with Crippen LogP contribution >= 0.6 is 11.6 Å². The number of hydrogen-bond donors (Lipinski definition) is 1. The van der Waals surface area contributed by atoms with E-state index in [-0.39, 0.29) is 12.5 Å². The van der Waals surface area contributed by atoms with Gasteiger partial charge in [-0.2, -0.15) is 5.10 Å². The second kappa shape index (κ2) is 7.45. The van der Waals surface area contributed by atoms with Crippen LogP contribution in [0.4, 0.5) is 0 Å². The SMILES string of the molecule is Cc1ccc(C=NNC(=O)COc2cccc(Cl)c2)cc1. The van der Waals surface area contributed by atoms with E-state index >= 15 is 0 Å². The predicted octanol–water partition coefficient (Wildman–Crippen LogP) is 3.18. The number of carbonyl (C=O) groups excluding carboxylic acids is 1. The first-order valence-corrected chi connectivity index (χ1v) is 6.78. The predicted molar refractivity (Wildman–Crippen MR) is 83.9 cm³/mol. The van der Waals surface area contributed by atoms with E-state index in [1.807, 2.05) is 31.2 Å². The van der Waals surface area contributed by atoms with Crippen LogP contribution in [0.25, 0.3) is 0 Å². The Hall–Kier alpha value is -2.33. The van der Waals surface area contributed by atoms with Gasteiger partial charge in [-0.25, -0.2) is 5.43 Å². The number of amides is 1. The largest absolute Gasteiger partial charge is 0.484 e. The highest BCUT2D eigenvalue weighted by Gasteiger charge is 2.01. The standard InChI is InChI=1S/C16H15ClN2O2/c1-12-5-7-13(8-6-12)10-18-19-16(20)11-21-15-4-2-3-14(17)9-15/h2-10H,11H2,1H3,(H,19,20). The maximum absolute atomic E-state index is 11.6. The fourth-order valence-electron chi connectivity index (χ4n) is 1.57. The van der Waals surface area contributed by atoms with Crippen molar-refractivity contribution in [2.75, 3.05) is 6.61 Å². The maximum atomic E-state index is 11.6. The molecule has 0 aromatic heterocycles. The summed E-state index contributed by atoms with van der Waals surface area (Å²) in [7, 11) is 0. The Kier molecular flexibility index (Phi) is 5.35. The highest BCUT2D eigenvalue weighted by molar-refractivity contribution is 6.30. The summed E-state index contributed by atoms with van der Waals surface area (Å²) in [4.78, 5) is 11.6. The summed E-state index contributed by atoms with van der Waals surface area (Å²) in [6.07, 6.45) is 1.58. The third-order valence-electron chi connectivity index (χ3n) is 2.65. The molecule has 0 heterocycles. The lowest BCUT2D eigenvalue weighted by atomic mass is 10.2. The van der Waals surface area contributed by atoms with E-state index in [1.165, 1.54) is 5.56 Å². The Labute approximate surface area is 128 Å². The zero-order valence-corrected chi connectivity index (χ0v) is 12.3. The molecule has 0 radical (unpaired) electrons. The number of benzene rings is 2. The van der Waals surface area contributed by atoms with Crippen LogP contribution in [0.15, 0.2) is 53.6 Å². The van der Waals surface area contributed by atoms with Gasteiger partial charge >= 0.3 is 0 Å². The fraction of sp³-hybridized carbons (Fsp3) is 0.125. The zero-order chi connectivity index (χ0) is 15.1. The Morgan fingerprint density at radius 2 is 2.05 bits per heavy atom. The van der Waals surface area contributed by atoms with E-state index in [9.17, 15) is 4.79 Å². The molecule has 0 atom stereocenters. The summed E-state index contributed by atoms with van der Waals surface area (Å²) in [5.41, 5.74) is 4.49. The van der Waals surface area contributed by atoms with Gasteiger partial charge in [-0.05, 0) is 30.7 Å². The average molecular weight is 303 g/mol. The van der Waals surface area contributed by atoms with Crippen molar-refractivity contribution in [1.82, 2.24) is 5.43 Å². The van der Waals surface area contributed by atoms with Crippen molar-refractivity contribution in [2.45, 2.75) is 6.92 Å². The molecule has 108 valence electrons. The molecule has 0 spiro atoms. The smallest absolute Gasteiger partial charge is 0.277 e. The molecule has 5 heteroatoms. The summed E-state index contributed by atoms with van der Waals surface area (Å²) in [6.45, 7) is 1.89. The molecule has 0 aliphatic heterocycles. The van der Waals surface area contributed by atoms with Crippen LogP contribution in [0.5, 0.6) is 5.75 Å². The van der Waals surface area contributed by atoms with E-state index in [0.717, 1.165) is 5.56 Å². The maximum Gasteiger partial charge on any atom is 0.277 e. The molecule has 2 rings (SSSR count). The lowest BCUT2D eigenvalue weighted by molar-refractivity contribution is -0.123. The van der Waals surface area contributed by atoms with Gasteiger partial charge in [0.15, 0.2) is 6.61 Å². The zero-order valence-electron chi connectivity index (χ0n) is 11.5. The van der Waals surface area contributed by atoms with Gasteiger partial charge in [-0.15, -0.1) is 0 Å². The number of hydrogen-bond acceptors (Lipinski definition) is 3. The van der Waals surface area contributed by atoms with E-state index in [1.54, 1.807) is 30.5 Å². The van der Waals surface area contributed by atoms with Crippen molar-refractivity contribution < 1.29 is 9.53 Å². The highest BCUT2D eigenvalue weighted by atomic mass is 35.5. The molecule has 1 N–H and O–H groups in total. The van der Waals surface area contributed by atoms with Crippen LogP contribution in [-0.4, -0.2) is 18.7 Å². The second-order valence-electron chi connectivity index (χ2n) is 4.45. The number of halogens is 1. The van der Waals surface area contributed by atoms with Gasteiger partial charge in [-0.3, -0.25) is 4.79 Å². The first kappa shape index (κ1) is 15.1. The molecule has 1 amide bonds. The first-order chi connectivity index (χ1) is 10.1. The molecule has 0 saturated heterocycles. The van der Waals surface area contributed by atoms with E-state index in [2.05, 4.69) is 10.5 Å². The Bertz CT molecular complexity index is 639. The number of rotatable bonds is 5. The number of nitrogens with zero attached hydrogens (tertiary/aromatic N) is 1. The van der Waals surface area contributed by atoms with Gasteiger partial charge in [0.2, 0.25) is 0 Å². The Morgan fingerprint density at radius 1 is 1.29 bits per heavy atom. The molecule has 0 saturated carbocycles. The van der Waals surface area contributed by atoms with Crippen LogP contribution in [0.1, 0.15) is 11.1 Å². The minimum atomic E-state index is -0.335. The molecule has 2 aromatic carbocycles. The third-order valence-corrected chi connectivity index (χ3v) is 2.88. The average Bonchev–Trinajstić information content (AvgIpc) is 2.47. The van der Waals surface area contributed by atoms with Crippen LogP contribution in [0.3, 0.4) is 0 Å². The lowest BCUT2D eigenvalue weighted by Gasteiger charge is -2.04. The highest BCUT2D eigenvalue weighted by Crippen LogP contribution is 2.16. The van der Waals surface area contributed by atoms with Crippen molar-refractivity contribution in [3.05, 3.63) is 64.7 Å². The first-order valence-electron chi connectivity index (χ1n) is 6.40. The number of hydrazone groups is 1. The van der Waals surface area contributed by atoms with Crippen molar-refractivity contribution in [3.63, 3.8) is 0 Å². The molecule has 0 bridgehead atoms. The quantitative estimate of drug-likeness (QED) is 0.681. The van der Waals surface area contributed by atoms with Crippen molar-refractivity contribution in [2.24, 2.45) is 5.10 Å². The van der Waals surface area contributed by atoms with Crippen LogP contribution < -0.4 is 10.2 Å². The van der Waals surface area contributed by atoms with Crippen LogP contribution in [0.2, 0.25) is 5.02 Å². The van der Waals surface area contributed by atoms with E-state index < -0.39 is 0 Å². The molecule has 0 aliphatic carbocycles. The van der Waals surface area contributed by atoms with Gasteiger partial charge in [0.1, 0.15) is 5.75 Å². The summed E-state index contributed by atoms with van der Waals surface area (Å²) < 4.78 is 5.30. The van der Waals surface area contributed by atoms with Crippen molar-refractivity contribution >= 4 is 23.7 Å². The molecular weight excluding hydrogens is 288 g/mol. The summed E-state index contributed by atoms with van der Waals surface area (Å²) in [6, 6.07) is 14.7. The topological polar surface area (TPSA) is 50.7 Å². The molecule has 4 nitrogen and oxygen atoms in total. The Morgan fingerprint density at radius 3 is 2.76 bits per heavy atom. The molecule has 0 fully saturated rings. The number of carbonyl (C=O) groups is 1. The molecule has 21 heavy (non-hydrogen) atoms. The molecule has 2 aromatic rings. The minimum absolute atomic E-state index is 0.119. The number of nitrogens with one attached hydrogen (secondary N) is 1. The van der Waals surface area contributed by atoms with Gasteiger partial charge < -0.3 is 4.74 Å². The fourth-order valence-corrected chi connectivity index (χ4v) is 1.75. The summed E-state index contributed by atoms with van der Waals surface area (Å²) >= 11 is 5.82. The minimum Gasteiger partial charge on any atom is -0.484 e. The van der Waals surface area contributed by atoms with Gasteiger partial charge in [-0.1, -0.05) is 47.5 Å². The summed E-state index contributed by atoms with van der Waals surface area (Å²) in [5, 5.41) is 4.43. The molecule has 0 aliphatic rings. The molecule has 0 unspecified atom stereocenters.